The highest BCUT2D eigenvalue weighted by atomic mass is 16.5. The molecule has 0 aliphatic carbocycles. The van der Waals surface area contributed by atoms with Crippen LogP contribution in [0.4, 0.5) is 5.69 Å². The standard InChI is InChI=1S/C24H26N2O/c1-3-4-18-27-23-17-11-16-22(19-23)26(2)25-24(20-12-7-5-8-13-20)21-14-9-6-10-15-21/h5-17,19H,3-4,18H2,1-2H3. The Bertz CT molecular complexity index is 818. The number of nitrogens with zero attached hydrogens (tertiary/aromatic N) is 2. The number of benzene rings is 3. The maximum atomic E-state index is 5.84. The highest BCUT2D eigenvalue weighted by Gasteiger charge is 2.09. The van der Waals surface area contributed by atoms with E-state index in [1.165, 1.54) is 0 Å². The Morgan fingerprint density at radius 2 is 1.48 bits per heavy atom. The van der Waals surface area contributed by atoms with Crippen molar-refractivity contribution < 1.29 is 4.74 Å². The van der Waals surface area contributed by atoms with E-state index in [2.05, 4.69) is 31.2 Å². The summed E-state index contributed by atoms with van der Waals surface area (Å²) in [6.45, 7) is 2.91. The van der Waals surface area contributed by atoms with Crippen molar-refractivity contribution in [2.75, 3.05) is 18.7 Å². The van der Waals surface area contributed by atoms with Crippen molar-refractivity contribution in [3.05, 3.63) is 96.1 Å². The number of ether oxygens (including phenoxy) is 1. The fraction of sp³-hybridized carbons (Fsp3) is 0.208. The first-order valence-corrected chi connectivity index (χ1v) is 9.44. The molecule has 3 heteroatoms. The number of hydrazone groups is 1. The molecule has 0 spiro atoms. The van der Waals surface area contributed by atoms with Gasteiger partial charge in [-0.1, -0.05) is 80.1 Å². The first-order valence-electron chi connectivity index (χ1n) is 9.44. The van der Waals surface area contributed by atoms with Gasteiger partial charge in [-0.3, -0.25) is 5.01 Å². The van der Waals surface area contributed by atoms with Crippen molar-refractivity contribution in [3.63, 3.8) is 0 Å². The third-order valence-corrected chi connectivity index (χ3v) is 4.30. The van der Waals surface area contributed by atoms with Gasteiger partial charge in [0.15, 0.2) is 0 Å². The molecule has 0 aliphatic heterocycles. The molecule has 0 atom stereocenters. The van der Waals surface area contributed by atoms with Gasteiger partial charge in [0.2, 0.25) is 0 Å². The zero-order valence-electron chi connectivity index (χ0n) is 16.0. The lowest BCUT2D eigenvalue weighted by Gasteiger charge is -2.17. The van der Waals surface area contributed by atoms with Crippen molar-refractivity contribution in [1.82, 2.24) is 0 Å². The molecule has 0 radical (unpaired) electrons. The molecule has 0 aromatic heterocycles. The maximum Gasteiger partial charge on any atom is 0.121 e. The van der Waals surface area contributed by atoms with Crippen LogP contribution in [0, 0.1) is 0 Å². The number of rotatable bonds is 8. The highest BCUT2D eigenvalue weighted by Crippen LogP contribution is 2.22. The molecule has 0 N–H and O–H groups in total. The zero-order valence-corrected chi connectivity index (χ0v) is 16.0. The van der Waals surface area contributed by atoms with Crippen LogP contribution < -0.4 is 9.75 Å². The van der Waals surface area contributed by atoms with Gasteiger partial charge in [-0.2, -0.15) is 5.10 Å². The Balaban J connectivity index is 1.90. The molecule has 27 heavy (non-hydrogen) atoms. The van der Waals surface area contributed by atoms with E-state index in [1.807, 2.05) is 72.7 Å². The average molecular weight is 358 g/mol. The van der Waals surface area contributed by atoms with Crippen LogP contribution in [-0.2, 0) is 0 Å². The van der Waals surface area contributed by atoms with Gasteiger partial charge in [0.1, 0.15) is 5.75 Å². The monoisotopic (exact) mass is 358 g/mol. The molecule has 138 valence electrons. The molecule has 0 fully saturated rings. The molecule has 3 nitrogen and oxygen atoms in total. The predicted molar refractivity (Wildman–Crippen MR) is 114 cm³/mol. The lowest BCUT2D eigenvalue weighted by molar-refractivity contribution is 0.309. The minimum atomic E-state index is 0.742. The molecular formula is C24H26N2O. The van der Waals surface area contributed by atoms with Gasteiger partial charge >= 0.3 is 0 Å². The Labute approximate surface area is 161 Å². The van der Waals surface area contributed by atoms with Crippen LogP contribution in [0.25, 0.3) is 0 Å². The van der Waals surface area contributed by atoms with Crippen LogP contribution in [0.1, 0.15) is 30.9 Å². The summed E-state index contributed by atoms with van der Waals surface area (Å²) in [5, 5.41) is 6.82. The quantitative estimate of drug-likeness (QED) is 0.291. The maximum absolute atomic E-state index is 5.84. The lowest BCUT2D eigenvalue weighted by atomic mass is 10.0. The molecule has 0 saturated carbocycles. The minimum Gasteiger partial charge on any atom is -0.494 e. The Hall–Kier alpha value is -3.07. The Morgan fingerprint density at radius 3 is 2.07 bits per heavy atom. The highest BCUT2D eigenvalue weighted by molar-refractivity contribution is 6.13. The largest absolute Gasteiger partial charge is 0.494 e. The summed E-state index contributed by atoms with van der Waals surface area (Å²) < 4.78 is 5.84. The van der Waals surface area contributed by atoms with Crippen molar-refractivity contribution in [1.29, 1.82) is 0 Å². The minimum absolute atomic E-state index is 0.742. The fourth-order valence-corrected chi connectivity index (χ4v) is 2.79. The van der Waals surface area contributed by atoms with Gasteiger partial charge in [-0.25, -0.2) is 0 Å². The van der Waals surface area contributed by atoms with E-state index < -0.39 is 0 Å². The van der Waals surface area contributed by atoms with Gasteiger partial charge < -0.3 is 4.74 Å². The van der Waals surface area contributed by atoms with Gasteiger partial charge in [0.05, 0.1) is 18.0 Å². The van der Waals surface area contributed by atoms with Gasteiger partial charge in [-0.05, 0) is 18.6 Å². The summed E-state index contributed by atoms with van der Waals surface area (Å²) in [7, 11) is 1.97. The third-order valence-electron chi connectivity index (χ3n) is 4.30. The van der Waals surface area contributed by atoms with Gasteiger partial charge in [-0.15, -0.1) is 0 Å². The summed E-state index contributed by atoms with van der Waals surface area (Å²) in [6.07, 6.45) is 2.19. The second kappa shape index (κ2) is 9.58. The number of anilines is 1. The van der Waals surface area contributed by atoms with Crippen molar-refractivity contribution in [2.24, 2.45) is 5.10 Å². The smallest absolute Gasteiger partial charge is 0.121 e. The van der Waals surface area contributed by atoms with Crippen molar-refractivity contribution >= 4 is 11.4 Å². The molecule has 0 heterocycles. The van der Waals surface area contributed by atoms with E-state index in [4.69, 9.17) is 9.84 Å². The molecule has 0 bridgehead atoms. The first kappa shape index (κ1) is 18.7. The SMILES string of the molecule is CCCCOc1cccc(N(C)N=C(c2ccccc2)c2ccccc2)c1. The second-order valence-corrected chi connectivity index (χ2v) is 6.40. The van der Waals surface area contributed by atoms with Gasteiger partial charge in [0, 0.05) is 24.2 Å². The van der Waals surface area contributed by atoms with Crippen LogP contribution in [0.3, 0.4) is 0 Å². The topological polar surface area (TPSA) is 24.8 Å². The summed E-state index contributed by atoms with van der Waals surface area (Å²) in [6, 6.07) is 28.6. The molecule has 3 rings (SSSR count). The van der Waals surface area contributed by atoms with Crippen LogP contribution in [0.5, 0.6) is 5.75 Å². The summed E-state index contributed by atoms with van der Waals surface area (Å²) in [5.41, 5.74) is 4.11. The van der Waals surface area contributed by atoms with Crippen LogP contribution >= 0.6 is 0 Å². The van der Waals surface area contributed by atoms with E-state index in [0.717, 1.165) is 47.7 Å². The van der Waals surface area contributed by atoms with Crippen LogP contribution in [0.15, 0.2) is 90.0 Å². The molecule has 0 saturated heterocycles. The molecule has 0 unspecified atom stereocenters. The summed E-state index contributed by atoms with van der Waals surface area (Å²) >= 11 is 0. The lowest BCUT2D eigenvalue weighted by Crippen LogP contribution is -2.15. The number of hydrogen-bond donors (Lipinski definition) is 0. The summed E-state index contributed by atoms with van der Waals surface area (Å²) in [4.78, 5) is 0. The van der Waals surface area contributed by atoms with E-state index in [0.29, 0.717) is 0 Å². The molecule has 3 aromatic rings. The Morgan fingerprint density at radius 1 is 0.852 bits per heavy atom. The first-order chi connectivity index (χ1) is 13.3. The average Bonchev–Trinajstić information content (AvgIpc) is 2.73. The van der Waals surface area contributed by atoms with Crippen LogP contribution in [0.2, 0.25) is 0 Å². The molecule has 3 aromatic carbocycles. The van der Waals surface area contributed by atoms with E-state index in [9.17, 15) is 0 Å². The second-order valence-electron chi connectivity index (χ2n) is 6.40. The van der Waals surface area contributed by atoms with Gasteiger partial charge in [0.25, 0.3) is 0 Å². The molecule has 0 aliphatic rings. The van der Waals surface area contributed by atoms with E-state index >= 15 is 0 Å². The number of hydrogen-bond acceptors (Lipinski definition) is 3. The predicted octanol–water partition coefficient (Wildman–Crippen LogP) is 5.75. The normalized spacial score (nSPS) is 10.3. The van der Waals surface area contributed by atoms with Crippen molar-refractivity contribution in [3.8, 4) is 5.75 Å². The van der Waals surface area contributed by atoms with Crippen LogP contribution in [-0.4, -0.2) is 19.4 Å². The zero-order chi connectivity index (χ0) is 18.9. The number of unbranched alkanes of at least 4 members (excludes halogenated alkanes) is 1. The van der Waals surface area contributed by atoms with Crippen molar-refractivity contribution in [2.45, 2.75) is 19.8 Å². The third kappa shape index (κ3) is 5.20. The summed E-state index contributed by atoms with van der Waals surface area (Å²) in [5.74, 6) is 0.879. The Kier molecular flexibility index (Phi) is 6.64. The molecule has 0 amide bonds. The van der Waals surface area contributed by atoms with E-state index in [1.54, 1.807) is 0 Å². The molecular weight excluding hydrogens is 332 g/mol. The van der Waals surface area contributed by atoms with E-state index in [-0.39, 0.29) is 0 Å². The fourth-order valence-electron chi connectivity index (χ4n) is 2.79.